The maximum absolute atomic E-state index is 11.5. The predicted octanol–water partition coefficient (Wildman–Crippen LogP) is 3.13. The highest BCUT2D eigenvalue weighted by molar-refractivity contribution is 9.11. The van der Waals surface area contributed by atoms with Crippen molar-refractivity contribution in [2.24, 2.45) is 0 Å². The van der Waals surface area contributed by atoms with Crippen LogP contribution in [0.25, 0.3) is 0 Å². The van der Waals surface area contributed by atoms with Crippen LogP contribution in [-0.4, -0.2) is 34.6 Å². The summed E-state index contributed by atoms with van der Waals surface area (Å²) in [6.07, 6.45) is -2.95. The number of carbonyl (C=O) groups excluding carboxylic acids is 1. The summed E-state index contributed by atoms with van der Waals surface area (Å²) in [5.41, 5.74) is -0.0879. The van der Waals surface area contributed by atoms with Gasteiger partial charge in [0.15, 0.2) is 0 Å². The van der Waals surface area contributed by atoms with Gasteiger partial charge < -0.3 is 20.3 Å². The van der Waals surface area contributed by atoms with E-state index >= 15 is 0 Å². The van der Waals surface area contributed by atoms with E-state index in [2.05, 4.69) is 37.2 Å². The molecule has 1 aromatic carbocycles. The summed E-state index contributed by atoms with van der Waals surface area (Å²) in [4.78, 5) is 11.5. The monoisotopic (exact) mass is 423 g/mol. The van der Waals surface area contributed by atoms with Crippen molar-refractivity contribution < 1.29 is 19.7 Å². The van der Waals surface area contributed by atoms with E-state index in [1.807, 2.05) is 0 Å². The average molecular weight is 425 g/mol. The van der Waals surface area contributed by atoms with E-state index in [1.54, 1.807) is 39.0 Å². The second kappa shape index (κ2) is 7.58. The fraction of sp³-hybridized carbons (Fsp3) is 0.500. The molecule has 1 aromatic rings. The maximum Gasteiger partial charge on any atom is 0.407 e. The van der Waals surface area contributed by atoms with Gasteiger partial charge in [0.2, 0.25) is 0 Å². The number of aliphatic hydroxyl groups is 2. The van der Waals surface area contributed by atoms with Gasteiger partial charge in [-0.05, 0) is 32.9 Å². The summed E-state index contributed by atoms with van der Waals surface area (Å²) in [5, 5.41) is 22.6. The van der Waals surface area contributed by atoms with Crippen molar-refractivity contribution >= 4 is 38.0 Å². The summed E-state index contributed by atoms with van der Waals surface area (Å²) >= 11 is 6.65. The zero-order chi connectivity index (χ0) is 16.2. The molecule has 0 bridgehead atoms. The van der Waals surface area contributed by atoms with E-state index < -0.39 is 23.9 Å². The highest BCUT2D eigenvalue weighted by Gasteiger charge is 2.24. The van der Waals surface area contributed by atoms with Crippen LogP contribution in [0.15, 0.2) is 27.1 Å². The third kappa shape index (κ3) is 5.94. The molecule has 118 valence electrons. The molecule has 0 saturated heterocycles. The largest absolute Gasteiger partial charge is 0.444 e. The number of nitrogens with one attached hydrogen (secondary N) is 1. The number of amides is 1. The van der Waals surface area contributed by atoms with Crippen molar-refractivity contribution in [3.8, 4) is 0 Å². The lowest BCUT2D eigenvalue weighted by atomic mass is 10.0. The molecule has 0 radical (unpaired) electrons. The fourth-order valence-corrected chi connectivity index (χ4v) is 3.07. The van der Waals surface area contributed by atoms with Gasteiger partial charge in [-0.3, -0.25) is 0 Å². The third-order valence-electron chi connectivity index (χ3n) is 2.51. The number of carbonyl (C=O) groups is 1. The van der Waals surface area contributed by atoms with Crippen molar-refractivity contribution in [3.63, 3.8) is 0 Å². The van der Waals surface area contributed by atoms with Crippen LogP contribution in [0.1, 0.15) is 32.4 Å². The standard InChI is InChI=1S/C14H19Br2NO4/c1-14(2,3)21-13(20)17-7-10(18)12(19)11-8(15)5-4-6-9(11)16/h4-6,10,12,18-19H,7H2,1-3H3,(H,17,20). The van der Waals surface area contributed by atoms with Gasteiger partial charge in [-0.25, -0.2) is 4.79 Å². The van der Waals surface area contributed by atoms with E-state index in [0.717, 1.165) is 0 Å². The second-order valence-electron chi connectivity index (χ2n) is 5.53. The molecule has 0 saturated carbocycles. The average Bonchev–Trinajstić information content (AvgIpc) is 2.33. The Balaban J connectivity index is 2.63. The highest BCUT2D eigenvalue weighted by Crippen LogP contribution is 2.32. The molecular formula is C14H19Br2NO4. The van der Waals surface area contributed by atoms with E-state index in [0.29, 0.717) is 14.5 Å². The minimum atomic E-state index is -1.16. The van der Waals surface area contributed by atoms with E-state index in [-0.39, 0.29) is 6.54 Å². The molecule has 0 aliphatic carbocycles. The Labute approximate surface area is 140 Å². The number of ether oxygens (including phenoxy) is 1. The number of rotatable bonds is 4. The zero-order valence-corrected chi connectivity index (χ0v) is 15.2. The van der Waals surface area contributed by atoms with Gasteiger partial charge in [0.25, 0.3) is 0 Å². The van der Waals surface area contributed by atoms with Crippen LogP contribution >= 0.6 is 31.9 Å². The lowest BCUT2D eigenvalue weighted by Gasteiger charge is -2.23. The Morgan fingerprint density at radius 3 is 2.29 bits per heavy atom. The molecule has 5 nitrogen and oxygen atoms in total. The molecular weight excluding hydrogens is 406 g/mol. The lowest BCUT2D eigenvalue weighted by Crippen LogP contribution is -2.39. The molecule has 1 rings (SSSR count). The van der Waals surface area contributed by atoms with Gasteiger partial charge in [-0.1, -0.05) is 37.9 Å². The highest BCUT2D eigenvalue weighted by atomic mass is 79.9. The molecule has 2 atom stereocenters. The van der Waals surface area contributed by atoms with Crippen molar-refractivity contribution in [3.05, 3.63) is 32.7 Å². The number of hydrogen-bond donors (Lipinski definition) is 3. The van der Waals surface area contributed by atoms with E-state index in [4.69, 9.17) is 4.74 Å². The van der Waals surface area contributed by atoms with E-state index in [9.17, 15) is 15.0 Å². The SMILES string of the molecule is CC(C)(C)OC(=O)NCC(O)C(O)c1c(Br)cccc1Br. The summed E-state index contributed by atoms with van der Waals surface area (Å²) in [6, 6.07) is 5.32. The molecule has 1 amide bonds. The first-order chi connectivity index (χ1) is 9.61. The normalized spacial score (nSPS) is 14.4. The molecule has 0 heterocycles. The summed E-state index contributed by atoms with van der Waals surface area (Å²) in [6.45, 7) is 5.12. The van der Waals surface area contributed by atoms with Gasteiger partial charge in [-0.15, -0.1) is 0 Å². The van der Waals surface area contributed by atoms with Crippen LogP contribution in [0.4, 0.5) is 4.79 Å². The predicted molar refractivity (Wildman–Crippen MR) is 87.0 cm³/mol. The second-order valence-corrected chi connectivity index (χ2v) is 7.24. The molecule has 0 aliphatic heterocycles. The topological polar surface area (TPSA) is 78.8 Å². The minimum absolute atomic E-state index is 0.121. The third-order valence-corrected chi connectivity index (χ3v) is 3.90. The van der Waals surface area contributed by atoms with Crippen molar-refractivity contribution in [1.82, 2.24) is 5.32 Å². The maximum atomic E-state index is 11.5. The molecule has 3 N–H and O–H groups in total. The van der Waals surface area contributed by atoms with Gasteiger partial charge in [0, 0.05) is 21.1 Å². The number of halogens is 2. The molecule has 2 unspecified atom stereocenters. The Bertz CT molecular complexity index is 482. The van der Waals surface area contributed by atoms with Crippen molar-refractivity contribution in [1.29, 1.82) is 0 Å². The van der Waals surface area contributed by atoms with Crippen LogP contribution in [0.2, 0.25) is 0 Å². The van der Waals surface area contributed by atoms with Crippen LogP contribution < -0.4 is 5.32 Å². The molecule has 21 heavy (non-hydrogen) atoms. The van der Waals surface area contributed by atoms with Gasteiger partial charge in [-0.2, -0.15) is 0 Å². The van der Waals surface area contributed by atoms with Crippen molar-refractivity contribution in [2.45, 2.75) is 38.6 Å². The van der Waals surface area contributed by atoms with Gasteiger partial charge in [0.05, 0.1) is 0 Å². The number of hydrogen-bond acceptors (Lipinski definition) is 4. The molecule has 0 spiro atoms. The summed E-state index contributed by atoms with van der Waals surface area (Å²) in [7, 11) is 0. The first-order valence-corrected chi connectivity index (χ1v) is 7.97. The van der Waals surface area contributed by atoms with Gasteiger partial charge in [0.1, 0.15) is 17.8 Å². The number of alkyl carbamates (subject to hydrolysis) is 1. The fourth-order valence-electron chi connectivity index (χ4n) is 1.60. The molecule has 0 aromatic heterocycles. The lowest BCUT2D eigenvalue weighted by molar-refractivity contribution is 0.0122. The van der Waals surface area contributed by atoms with E-state index in [1.165, 1.54) is 0 Å². The number of aliphatic hydroxyl groups excluding tert-OH is 2. The van der Waals surface area contributed by atoms with Crippen molar-refractivity contribution in [2.75, 3.05) is 6.54 Å². The molecule has 7 heteroatoms. The first-order valence-electron chi connectivity index (χ1n) is 6.38. The Hall–Kier alpha value is -0.630. The zero-order valence-electron chi connectivity index (χ0n) is 12.1. The molecule has 0 aliphatic rings. The summed E-state index contributed by atoms with van der Waals surface area (Å²) < 4.78 is 6.39. The number of benzene rings is 1. The molecule has 0 fully saturated rings. The van der Waals surface area contributed by atoms with Crippen LogP contribution in [0.3, 0.4) is 0 Å². The van der Waals surface area contributed by atoms with Gasteiger partial charge >= 0.3 is 6.09 Å². The minimum Gasteiger partial charge on any atom is -0.444 e. The Morgan fingerprint density at radius 1 is 1.29 bits per heavy atom. The smallest absolute Gasteiger partial charge is 0.407 e. The van der Waals surface area contributed by atoms with Crippen LogP contribution in [-0.2, 0) is 4.74 Å². The first kappa shape index (κ1) is 18.4. The Morgan fingerprint density at radius 2 is 1.81 bits per heavy atom. The van der Waals surface area contributed by atoms with Crippen LogP contribution in [0, 0.1) is 0 Å². The summed E-state index contributed by atoms with van der Waals surface area (Å²) in [5.74, 6) is 0. The van der Waals surface area contributed by atoms with Crippen LogP contribution in [0.5, 0.6) is 0 Å². The Kier molecular flexibility index (Phi) is 6.65. The quantitative estimate of drug-likeness (QED) is 0.693.